The largest absolute Gasteiger partial charge is 0.486 e. The van der Waals surface area contributed by atoms with Crippen molar-refractivity contribution in [1.29, 1.82) is 0 Å². The highest BCUT2D eigenvalue weighted by Gasteiger charge is 2.51. The number of carbonyl (C=O) groups is 3. The molecule has 2 heterocycles. The van der Waals surface area contributed by atoms with Crippen molar-refractivity contribution in [1.82, 2.24) is 9.80 Å². The highest BCUT2D eigenvalue weighted by Crippen LogP contribution is 2.40. The van der Waals surface area contributed by atoms with E-state index in [2.05, 4.69) is 15.9 Å². The summed E-state index contributed by atoms with van der Waals surface area (Å²) in [6, 6.07) is 13.3. The minimum atomic E-state index is -1.65. The predicted molar refractivity (Wildman–Crippen MR) is 130 cm³/mol. The van der Waals surface area contributed by atoms with E-state index in [-0.39, 0.29) is 31.3 Å². The quantitative estimate of drug-likeness (QED) is 0.478. The first-order valence-electron chi connectivity index (χ1n) is 11.0. The molecule has 0 radical (unpaired) electrons. The summed E-state index contributed by atoms with van der Waals surface area (Å²) >= 11 is 3.38. The van der Waals surface area contributed by atoms with Gasteiger partial charge in [0, 0.05) is 18.1 Å². The SMILES string of the molecule is COCCN1C(=O)c2oc3cc(Br)ccc3c2OCC1(C)C(=O)N(C(=O)O)[C@@H](C)c1ccccc1. The Hall–Kier alpha value is -3.37. The number of hydrogen-bond acceptors (Lipinski definition) is 6. The fourth-order valence-corrected chi connectivity index (χ4v) is 4.58. The Morgan fingerprint density at radius 3 is 2.63 bits per heavy atom. The summed E-state index contributed by atoms with van der Waals surface area (Å²) in [5, 5.41) is 10.6. The molecule has 2 aromatic carbocycles. The van der Waals surface area contributed by atoms with Crippen molar-refractivity contribution < 1.29 is 33.4 Å². The van der Waals surface area contributed by atoms with E-state index in [1.54, 1.807) is 55.5 Å². The summed E-state index contributed by atoms with van der Waals surface area (Å²) in [7, 11) is 1.48. The number of hydrogen-bond donors (Lipinski definition) is 1. The molecule has 1 aliphatic rings. The zero-order valence-electron chi connectivity index (χ0n) is 19.5. The van der Waals surface area contributed by atoms with Crippen LogP contribution in [0.1, 0.15) is 36.0 Å². The Morgan fingerprint density at radius 2 is 1.97 bits per heavy atom. The van der Waals surface area contributed by atoms with Gasteiger partial charge < -0.3 is 23.9 Å². The number of methoxy groups -OCH3 is 1. The van der Waals surface area contributed by atoms with Crippen LogP contribution in [-0.4, -0.2) is 65.2 Å². The van der Waals surface area contributed by atoms with Gasteiger partial charge in [-0.3, -0.25) is 9.59 Å². The van der Waals surface area contributed by atoms with E-state index in [1.807, 2.05) is 0 Å². The second kappa shape index (κ2) is 9.71. The monoisotopic (exact) mass is 544 g/mol. The smallest absolute Gasteiger partial charge is 0.414 e. The van der Waals surface area contributed by atoms with Gasteiger partial charge in [0.05, 0.1) is 18.0 Å². The molecule has 0 saturated carbocycles. The molecule has 3 aromatic rings. The molecule has 4 rings (SSSR count). The van der Waals surface area contributed by atoms with Gasteiger partial charge in [-0.05, 0) is 37.6 Å². The molecule has 0 fully saturated rings. The van der Waals surface area contributed by atoms with Crippen LogP contribution in [0.25, 0.3) is 11.0 Å². The van der Waals surface area contributed by atoms with Gasteiger partial charge in [-0.2, -0.15) is 0 Å². The highest BCUT2D eigenvalue weighted by molar-refractivity contribution is 9.10. The third-order valence-electron chi connectivity index (χ3n) is 6.21. The minimum Gasteiger partial charge on any atom is -0.486 e. The first-order chi connectivity index (χ1) is 16.7. The Bertz CT molecular complexity index is 1280. The third kappa shape index (κ3) is 4.39. The average Bonchev–Trinajstić information content (AvgIpc) is 3.15. The molecular weight excluding hydrogens is 520 g/mol. The normalized spacial score (nSPS) is 18.5. The Balaban J connectivity index is 1.78. The van der Waals surface area contributed by atoms with Crippen LogP contribution in [-0.2, 0) is 9.53 Å². The molecule has 0 aliphatic carbocycles. The number of amides is 3. The molecule has 0 bridgehead atoms. The van der Waals surface area contributed by atoms with Crippen LogP contribution in [0, 0.1) is 0 Å². The van der Waals surface area contributed by atoms with E-state index >= 15 is 0 Å². The average molecular weight is 545 g/mol. The zero-order valence-corrected chi connectivity index (χ0v) is 21.1. The van der Waals surface area contributed by atoms with Crippen LogP contribution in [0.2, 0.25) is 0 Å². The molecule has 0 spiro atoms. The van der Waals surface area contributed by atoms with E-state index in [1.165, 1.54) is 18.9 Å². The van der Waals surface area contributed by atoms with Crippen molar-refractivity contribution >= 4 is 44.8 Å². The lowest BCUT2D eigenvalue weighted by Gasteiger charge is -2.40. The summed E-state index contributed by atoms with van der Waals surface area (Å²) in [6.45, 7) is 3.00. The topological polar surface area (TPSA) is 110 Å². The molecule has 184 valence electrons. The van der Waals surface area contributed by atoms with Crippen molar-refractivity contribution in [2.75, 3.05) is 26.9 Å². The molecule has 10 heteroatoms. The van der Waals surface area contributed by atoms with Crippen molar-refractivity contribution in [2.24, 2.45) is 0 Å². The maximum atomic E-state index is 13.9. The lowest BCUT2D eigenvalue weighted by atomic mass is 9.96. The van der Waals surface area contributed by atoms with Gasteiger partial charge >= 0.3 is 6.09 Å². The number of imide groups is 1. The van der Waals surface area contributed by atoms with E-state index < -0.39 is 29.5 Å². The lowest BCUT2D eigenvalue weighted by Crippen LogP contribution is -2.63. The van der Waals surface area contributed by atoms with Crippen molar-refractivity contribution in [3.63, 3.8) is 0 Å². The maximum Gasteiger partial charge on any atom is 0.414 e. The molecule has 2 atom stereocenters. The molecule has 1 N–H and O–H groups in total. The number of halogens is 1. The van der Waals surface area contributed by atoms with Crippen molar-refractivity contribution in [3.05, 3.63) is 64.3 Å². The summed E-state index contributed by atoms with van der Waals surface area (Å²) < 4.78 is 17.8. The van der Waals surface area contributed by atoms with Gasteiger partial charge in [0.15, 0.2) is 11.3 Å². The summed E-state index contributed by atoms with van der Waals surface area (Å²) in [6.07, 6.45) is -1.43. The predicted octanol–water partition coefficient (Wildman–Crippen LogP) is 4.70. The van der Waals surface area contributed by atoms with Crippen LogP contribution < -0.4 is 4.74 Å². The van der Waals surface area contributed by atoms with Gasteiger partial charge in [-0.25, -0.2) is 9.69 Å². The first kappa shape index (κ1) is 24.7. The summed E-state index contributed by atoms with van der Waals surface area (Å²) in [5.41, 5.74) is -0.566. The number of fused-ring (bicyclic) bond motifs is 3. The summed E-state index contributed by atoms with van der Waals surface area (Å²) in [5.74, 6) is -1.21. The Labute approximate surface area is 210 Å². The van der Waals surface area contributed by atoms with Crippen molar-refractivity contribution in [2.45, 2.75) is 25.4 Å². The van der Waals surface area contributed by atoms with Gasteiger partial charge in [0.1, 0.15) is 12.2 Å². The first-order valence-corrected chi connectivity index (χ1v) is 11.8. The van der Waals surface area contributed by atoms with E-state index in [9.17, 15) is 19.5 Å². The van der Waals surface area contributed by atoms with Gasteiger partial charge in [0.2, 0.25) is 5.76 Å². The summed E-state index contributed by atoms with van der Waals surface area (Å²) in [4.78, 5) is 42.0. The van der Waals surface area contributed by atoms with Crippen molar-refractivity contribution in [3.8, 4) is 5.75 Å². The molecule has 1 aromatic heterocycles. The highest BCUT2D eigenvalue weighted by atomic mass is 79.9. The Kier molecular flexibility index (Phi) is 6.86. The van der Waals surface area contributed by atoms with E-state index in [0.29, 0.717) is 16.5 Å². The number of rotatable bonds is 6. The number of ether oxygens (including phenoxy) is 2. The number of benzene rings is 2. The maximum absolute atomic E-state index is 13.9. The third-order valence-corrected chi connectivity index (χ3v) is 6.71. The molecular formula is C25H25BrN2O7. The van der Waals surface area contributed by atoms with Crippen LogP contribution in [0.5, 0.6) is 5.75 Å². The second-order valence-corrected chi connectivity index (χ2v) is 9.37. The van der Waals surface area contributed by atoms with Crippen LogP contribution in [0.3, 0.4) is 0 Å². The lowest BCUT2D eigenvalue weighted by molar-refractivity contribution is -0.144. The number of carboxylic acid groups (broad SMARTS) is 1. The zero-order chi connectivity index (χ0) is 25.3. The molecule has 1 unspecified atom stereocenters. The number of nitrogens with zero attached hydrogens (tertiary/aromatic N) is 2. The molecule has 1 aliphatic heterocycles. The molecule has 3 amide bonds. The molecule has 0 saturated heterocycles. The number of furan rings is 1. The molecule has 35 heavy (non-hydrogen) atoms. The van der Waals surface area contributed by atoms with Gasteiger partial charge in [0.25, 0.3) is 11.8 Å². The Morgan fingerprint density at radius 1 is 1.26 bits per heavy atom. The van der Waals surface area contributed by atoms with Gasteiger partial charge in [-0.1, -0.05) is 46.3 Å². The van der Waals surface area contributed by atoms with Crippen LogP contribution in [0.15, 0.2) is 57.4 Å². The minimum absolute atomic E-state index is 0.0221. The van der Waals surface area contributed by atoms with Crippen LogP contribution in [0.4, 0.5) is 4.79 Å². The molecule has 9 nitrogen and oxygen atoms in total. The second-order valence-electron chi connectivity index (χ2n) is 8.46. The fourth-order valence-electron chi connectivity index (χ4n) is 4.24. The standard InChI is InChI=1S/C25H25BrN2O7/c1-15(16-7-5-4-6-8-16)28(24(31)32)23(30)25(2)14-34-20-18-10-9-17(26)13-19(18)35-21(20)22(29)27(25)11-12-33-3/h4-10,13,15H,11-12,14H2,1-3H3,(H,31,32)/t15-,25?/m0/s1. The van der Waals surface area contributed by atoms with Crippen LogP contribution >= 0.6 is 15.9 Å². The fraction of sp³-hybridized carbons (Fsp3) is 0.320. The van der Waals surface area contributed by atoms with Gasteiger partial charge in [-0.15, -0.1) is 0 Å². The van der Waals surface area contributed by atoms with E-state index in [4.69, 9.17) is 13.9 Å². The number of carbonyl (C=O) groups excluding carboxylic acids is 2. The van der Waals surface area contributed by atoms with E-state index in [0.717, 1.165) is 9.37 Å².